The third-order valence-corrected chi connectivity index (χ3v) is 4.09. The highest BCUT2D eigenvalue weighted by Crippen LogP contribution is 2.32. The Kier molecular flexibility index (Phi) is 4.03. The lowest BCUT2D eigenvalue weighted by Crippen LogP contribution is -2.43. The number of nitrogens with zero attached hydrogens (tertiary/aromatic N) is 2. The van der Waals surface area contributed by atoms with Gasteiger partial charge in [-0.15, -0.1) is 0 Å². The molecule has 2 aromatic carbocycles. The number of fused-ring (bicyclic) bond motifs is 1. The number of carbonyl (C=O) groups excluding carboxylic acids is 1. The van der Waals surface area contributed by atoms with Crippen molar-refractivity contribution in [3.8, 4) is 11.8 Å². The molecule has 0 fully saturated rings. The zero-order valence-electron chi connectivity index (χ0n) is 13.2. The highest BCUT2D eigenvalue weighted by atomic mass is 16.5. The number of amides is 1. The molecule has 2 atom stereocenters. The van der Waals surface area contributed by atoms with E-state index in [0.717, 1.165) is 12.1 Å². The number of carbonyl (C=O) groups is 1. The normalized spacial score (nSPS) is 17.3. The molecule has 1 aliphatic heterocycles. The van der Waals surface area contributed by atoms with Crippen LogP contribution in [0.5, 0.6) is 5.75 Å². The number of hydrogen-bond acceptors (Lipinski definition) is 3. The van der Waals surface area contributed by atoms with Crippen molar-refractivity contribution in [1.29, 1.82) is 5.26 Å². The number of hydrogen-bond donors (Lipinski definition) is 0. The molecule has 0 radical (unpaired) electrons. The Balaban J connectivity index is 1.76. The third kappa shape index (κ3) is 2.91. The first-order chi connectivity index (χ1) is 11.1. The van der Waals surface area contributed by atoms with Gasteiger partial charge in [0.2, 0.25) is 0 Å². The Morgan fingerprint density at radius 3 is 2.65 bits per heavy atom. The van der Waals surface area contributed by atoms with Crippen molar-refractivity contribution >= 4 is 11.6 Å². The van der Waals surface area contributed by atoms with Gasteiger partial charge in [0.15, 0.2) is 6.10 Å². The van der Waals surface area contributed by atoms with Crippen LogP contribution in [0.4, 0.5) is 5.69 Å². The van der Waals surface area contributed by atoms with Crippen LogP contribution < -0.4 is 9.64 Å². The second-order valence-corrected chi connectivity index (χ2v) is 5.79. The average Bonchev–Trinajstić information content (AvgIpc) is 2.90. The van der Waals surface area contributed by atoms with Crippen molar-refractivity contribution in [2.24, 2.45) is 0 Å². The Bertz CT molecular complexity index is 762. The van der Waals surface area contributed by atoms with Crippen LogP contribution >= 0.6 is 0 Å². The van der Waals surface area contributed by atoms with Crippen molar-refractivity contribution < 1.29 is 9.53 Å². The maximum absolute atomic E-state index is 12.8. The maximum Gasteiger partial charge on any atom is 0.268 e. The smallest absolute Gasteiger partial charge is 0.268 e. The summed E-state index contributed by atoms with van der Waals surface area (Å²) in [6, 6.07) is 17.0. The molecular formula is C19H18N2O2. The molecule has 1 amide bonds. The fourth-order valence-corrected chi connectivity index (χ4v) is 2.96. The van der Waals surface area contributed by atoms with Crippen LogP contribution in [0.1, 0.15) is 25.0 Å². The lowest BCUT2D eigenvalue weighted by Gasteiger charge is -2.26. The largest absolute Gasteiger partial charge is 0.481 e. The summed E-state index contributed by atoms with van der Waals surface area (Å²) in [4.78, 5) is 14.6. The molecule has 0 aliphatic carbocycles. The first kappa shape index (κ1) is 15.1. The summed E-state index contributed by atoms with van der Waals surface area (Å²) in [5, 5.41) is 8.81. The minimum Gasteiger partial charge on any atom is -0.481 e. The SMILES string of the molecule is CC(Oc1ccc(C#N)cc1)C(=O)N1c2ccccc2CC1C. The number of ether oxygens (including phenoxy) is 1. The van der Waals surface area contributed by atoms with Gasteiger partial charge >= 0.3 is 0 Å². The van der Waals surface area contributed by atoms with E-state index in [9.17, 15) is 4.79 Å². The predicted octanol–water partition coefficient (Wildman–Crippen LogP) is 3.30. The van der Waals surface area contributed by atoms with Crippen molar-refractivity contribution in [3.05, 3.63) is 59.7 Å². The van der Waals surface area contributed by atoms with Gasteiger partial charge in [-0.2, -0.15) is 5.26 Å². The van der Waals surface area contributed by atoms with E-state index in [0.29, 0.717) is 11.3 Å². The van der Waals surface area contributed by atoms with Gasteiger partial charge < -0.3 is 9.64 Å². The Hall–Kier alpha value is -2.80. The monoisotopic (exact) mass is 306 g/mol. The Labute approximate surface area is 135 Å². The number of anilines is 1. The summed E-state index contributed by atoms with van der Waals surface area (Å²) in [6.07, 6.45) is 0.280. The Morgan fingerprint density at radius 1 is 1.26 bits per heavy atom. The van der Waals surface area contributed by atoms with Crippen molar-refractivity contribution in [3.63, 3.8) is 0 Å². The van der Waals surface area contributed by atoms with E-state index in [1.165, 1.54) is 5.56 Å². The molecule has 0 spiro atoms. The van der Waals surface area contributed by atoms with Crippen LogP contribution in [0.25, 0.3) is 0 Å². The molecule has 0 saturated heterocycles. The summed E-state index contributed by atoms with van der Waals surface area (Å²) in [5.41, 5.74) is 2.73. The maximum atomic E-state index is 12.8. The molecule has 23 heavy (non-hydrogen) atoms. The standard InChI is InChI=1S/C19H18N2O2/c1-13-11-16-5-3-4-6-18(16)21(13)19(22)14(2)23-17-9-7-15(12-20)8-10-17/h3-10,13-14H,11H2,1-2H3. The number of nitriles is 1. The summed E-state index contributed by atoms with van der Waals surface area (Å²) in [7, 11) is 0. The van der Waals surface area contributed by atoms with Crippen LogP contribution in [0.2, 0.25) is 0 Å². The molecule has 1 heterocycles. The van der Waals surface area contributed by atoms with E-state index in [-0.39, 0.29) is 11.9 Å². The van der Waals surface area contributed by atoms with Gasteiger partial charge in [-0.3, -0.25) is 4.79 Å². The molecular weight excluding hydrogens is 288 g/mol. The van der Waals surface area contributed by atoms with Crippen LogP contribution in [-0.4, -0.2) is 18.1 Å². The molecule has 3 rings (SSSR count). The first-order valence-corrected chi connectivity index (χ1v) is 7.68. The molecule has 1 aliphatic rings. The van der Waals surface area contributed by atoms with Gasteiger partial charge in [-0.05, 0) is 56.2 Å². The topological polar surface area (TPSA) is 53.3 Å². The predicted molar refractivity (Wildman–Crippen MR) is 88.3 cm³/mol. The molecule has 4 heteroatoms. The molecule has 0 N–H and O–H groups in total. The molecule has 116 valence electrons. The van der Waals surface area contributed by atoms with Crippen molar-refractivity contribution in [2.45, 2.75) is 32.4 Å². The van der Waals surface area contributed by atoms with Crippen LogP contribution in [0.3, 0.4) is 0 Å². The summed E-state index contributed by atoms with van der Waals surface area (Å²) in [6.45, 7) is 3.81. The fourth-order valence-electron chi connectivity index (χ4n) is 2.96. The average molecular weight is 306 g/mol. The third-order valence-electron chi connectivity index (χ3n) is 4.09. The van der Waals surface area contributed by atoms with E-state index in [1.54, 1.807) is 31.2 Å². The molecule has 0 bridgehead atoms. The second kappa shape index (κ2) is 6.13. The summed E-state index contributed by atoms with van der Waals surface area (Å²) < 4.78 is 5.75. The van der Waals surface area contributed by atoms with Gasteiger partial charge in [0.05, 0.1) is 11.6 Å². The lowest BCUT2D eigenvalue weighted by atomic mass is 10.1. The van der Waals surface area contributed by atoms with Crippen LogP contribution in [-0.2, 0) is 11.2 Å². The number of benzene rings is 2. The molecule has 2 unspecified atom stereocenters. The Morgan fingerprint density at radius 2 is 1.96 bits per heavy atom. The zero-order chi connectivity index (χ0) is 16.4. The van der Waals surface area contributed by atoms with E-state index >= 15 is 0 Å². The minimum atomic E-state index is -0.587. The van der Waals surface area contributed by atoms with Gasteiger partial charge in [-0.1, -0.05) is 18.2 Å². The van der Waals surface area contributed by atoms with E-state index in [4.69, 9.17) is 10.00 Å². The van der Waals surface area contributed by atoms with Gasteiger partial charge in [0.1, 0.15) is 5.75 Å². The molecule has 0 aromatic heterocycles. The summed E-state index contributed by atoms with van der Waals surface area (Å²) >= 11 is 0. The lowest BCUT2D eigenvalue weighted by molar-refractivity contribution is -0.124. The van der Waals surface area contributed by atoms with Gasteiger partial charge in [0.25, 0.3) is 5.91 Å². The minimum absolute atomic E-state index is 0.0493. The zero-order valence-corrected chi connectivity index (χ0v) is 13.2. The fraction of sp³-hybridized carbons (Fsp3) is 0.263. The number of para-hydroxylation sites is 1. The van der Waals surface area contributed by atoms with E-state index in [1.807, 2.05) is 30.0 Å². The highest BCUT2D eigenvalue weighted by Gasteiger charge is 2.33. The van der Waals surface area contributed by atoms with Gasteiger partial charge in [0, 0.05) is 11.7 Å². The van der Waals surface area contributed by atoms with Crippen LogP contribution in [0.15, 0.2) is 48.5 Å². The van der Waals surface area contributed by atoms with Gasteiger partial charge in [-0.25, -0.2) is 0 Å². The highest BCUT2D eigenvalue weighted by molar-refractivity contribution is 5.99. The second-order valence-electron chi connectivity index (χ2n) is 5.79. The quantitative estimate of drug-likeness (QED) is 0.874. The van der Waals surface area contributed by atoms with Crippen molar-refractivity contribution in [1.82, 2.24) is 0 Å². The number of rotatable bonds is 3. The first-order valence-electron chi connectivity index (χ1n) is 7.68. The molecule has 0 saturated carbocycles. The summed E-state index contributed by atoms with van der Waals surface area (Å²) in [5.74, 6) is 0.539. The van der Waals surface area contributed by atoms with E-state index < -0.39 is 6.10 Å². The molecule has 2 aromatic rings. The van der Waals surface area contributed by atoms with E-state index in [2.05, 4.69) is 12.1 Å². The van der Waals surface area contributed by atoms with Crippen LogP contribution in [0, 0.1) is 11.3 Å². The van der Waals surface area contributed by atoms with Crippen molar-refractivity contribution in [2.75, 3.05) is 4.90 Å². The molecule has 4 nitrogen and oxygen atoms in total.